The SMILES string of the molecule is COc1ccc(-n2nc(C(F)(F)F)cc2-c2ccc(CCCSC)cc2)cn1. The first-order valence-corrected chi connectivity index (χ1v) is 10.1. The van der Waals surface area contributed by atoms with Crippen LogP contribution in [0.3, 0.4) is 0 Å². The first kappa shape index (κ1) is 20.3. The number of halogens is 3. The van der Waals surface area contributed by atoms with Crippen molar-refractivity contribution in [2.45, 2.75) is 19.0 Å². The number of ether oxygens (including phenoxy) is 1. The van der Waals surface area contributed by atoms with E-state index < -0.39 is 11.9 Å². The minimum absolute atomic E-state index is 0.356. The molecule has 4 nitrogen and oxygen atoms in total. The molecule has 28 heavy (non-hydrogen) atoms. The number of methoxy groups -OCH3 is 1. The summed E-state index contributed by atoms with van der Waals surface area (Å²) in [7, 11) is 1.48. The number of benzene rings is 1. The van der Waals surface area contributed by atoms with Crippen LogP contribution in [0.5, 0.6) is 5.88 Å². The summed E-state index contributed by atoms with van der Waals surface area (Å²) in [5.74, 6) is 1.46. The highest BCUT2D eigenvalue weighted by Crippen LogP contribution is 2.33. The Morgan fingerprint density at radius 1 is 1.11 bits per heavy atom. The fourth-order valence-electron chi connectivity index (χ4n) is 2.80. The zero-order chi connectivity index (χ0) is 20.1. The van der Waals surface area contributed by atoms with Gasteiger partial charge in [0.1, 0.15) is 0 Å². The maximum atomic E-state index is 13.3. The molecule has 2 aromatic heterocycles. The molecule has 8 heteroatoms. The number of aromatic nitrogens is 3. The Morgan fingerprint density at radius 2 is 1.86 bits per heavy atom. The van der Waals surface area contributed by atoms with Crippen molar-refractivity contribution in [2.24, 2.45) is 0 Å². The molecule has 0 saturated heterocycles. The molecular formula is C20H20F3N3OS. The van der Waals surface area contributed by atoms with Crippen molar-refractivity contribution in [3.63, 3.8) is 0 Å². The average molecular weight is 407 g/mol. The largest absolute Gasteiger partial charge is 0.481 e. The number of pyridine rings is 1. The van der Waals surface area contributed by atoms with Crippen molar-refractivity contribution in [2.75, 3.05) is 19.1 Å². The molecule has 0 bridgehead atoms. The smallest absolute Gasteiger partial charge is 0.435 e. The van der Waals surface area contributed by atoms with E-state index in [0.29, 0.717) is 22.8 Å². The summed E-state index contributed by atoms with van der Waals surface area (Å²) in [6.07, 6.45) is 0.977. The van der Waals surface area contributed by atoms with Crippen molar-refractivity contribution < 1.29 is 17.9 Å². The number of hydrogen-bond acceptors (Lipinski definition) is 4. The maximum Gasteiger partial charge on any atom is 0.435 e. The first-order chi connectivity index (χ1) is 13.4. The molecule has 0 fully saturated rings. The number of nitrogens with zero attached hydrogens (tertiary/aromatic N) is 3. The van der Waals surface area contributed by atoms with Crippen LogP contribution >= 0.6 is 11.8 Å². The van der Waals surface area contributed by atoms with Crippen LogP contribution < -0.4 is 4.74 Å². The van der Waals surface area contributed by atoms with Gasteiger partial charge in [0.15, 0.2) is 5.69 Å². The lowest BCUT2D eigenvalue weighted by Gasteiger charge is -2.09. The van der Waals surface area contributed by atoms with Crippen molar-refractivity contribution in [3.8, 4) is 22.8 Å². The molecule has 0 aliphatic rings. The quantitative estimate of drug-likeness (QED) is 0.501. The van der Waals surface area contributed by atoms with Gasteiger partial charge in [0, 0.05) is 11.6 Å². The molecule has 0 N–H and O–H groups in total. The predicted molar refractivity (Wildman–Crippen MR) is 105 cm³/mol. The molecule has 0 spiro atoms. The molecule has 3 rings (SSSR count). The van der Waals surface area contributed by atoms with E-state index in [4.69, 9.17) is 4.74 Å². The maximum absolute atomic E-state index is 13.3. The summed E-state index contributed by atoms with van der Waals surface area (Å²) in [4.78, 5) is 4.07. The lowest BCUT2D eigenvalue weighted by Crippen LogP contribution is -2.07. The molecule has 0 radical (unpaired) electrons. The second-order valence-electron chi connectivity index (χ2n) is 6.18. The Hall–Kier alpha value is -2.48. The van der Waals surface area contributed by atoms with Gasteiger partial charge in [0.2, 0.25) is 5.88 Å². The predicted octanol–water partition coefficient (Wildman–Crippen LogP) is 5.26. The molecule has 0 amide bonds. The summed E-state index contributed by atoms with van der Waals surface area (Å²) in [5, 5.41) is 3.77. The molecule has 1 aromatic carbocycles. The topological polar surface area (TPSA) is 39.9 Å². The van der Waals surface area contributed by atoms with Gasteiger partial charge < -0.3 is 4.74 Å². The summed E-state index contributed by atoms with van der Waals surface area (Å²) >= 11 is 1.80. The van der Waals surface area contributed by atoms with Crippen molar-refractivity contribution in [3.05, 3.63) is 59.9 Å². The second-order valence-corrected chi connectivity index (χ2v) is 7.16. The Morgan fingerprint density at radius 3 is 2.43 bits per heavy atom. The minimum Gasteiger partial charge on any atom is -0.481 e. The van der Waals surface area contributed by atoms with Gasteiger partial charge >= 0.3 is 6.18 Å². The van der Waals surface area contributed by atoms with Crippen LogP contribution in [0.25, 0.3) is 16.9 Å². The highest BCUT2D eigenvalue weighted by Gasteiger charge is 2.35. The van der Waals surface area contributed by atoms with E-state index in [9.17, 15) is 13.2 Å². The molecule has 0 unspecified atom stereocenters. The molecule has 0 aliphatic heterocycles. The summed E-state index contributed by atoms with van der Waals surface area (Å²) < 4.78 is 46.0. The highest BCUT2D eigenvalue weighted by atomic mass is 32.2. The van der Waals surface area contributed by atoms with Crippen LogP contribution in [0.4, 0.5) is 13.2 Å². The number of thioether (sulfide) groups is 1. The Labute approximate surface area is 165 Å². The molecule has 3 aromatic rings. The normalized spacial score (nSPS) is 11.6. The van der Waals surface area contributed by atoms with Crippen LogP contribution in [-0.4, -0.2) is 33.9 Å². The fraction of sp³-hybridized carbons (Fsp3) is 0.300. The Balaban J connectivity index is 1.97. The van der Waals surface area contributed by atoms with E-state index in [0.717, 1.165) is 30.2 Å². The highest BCUT2D eigenvalue weighted by molar-refractivity contribution is 7.98. The minimum atomic E-state index is -4.53. The standard InChI is InChI=1S/C20H20F3N3OS/c1-27-19-10-9-16(13-24-19)26-17(12-18(25-26)20(21,22)23)15-7-5-14(6-8-15)4-3-11-28-2/h5-10,12-13H,3-4,11H2,1-2H3. The molecule has 0 saturated carbocycles. The number of hydrogen-bond donors (Lipinski definition) is 0. The van der Waals surface area contributed by atoms with Crippen LogP contribution in [0.1, 0.15) is 17.7 Å². The number of alkyl halides is 3. The third-order valence-electron chi connectivity index (χ3n) is 4.24. The Bertz CT molecular complexity index is 906. The van der Waals surface area contributed by atoms with Gasteiger partial charge in [-0.05, 0) is 42.5 Å². The van der Waals surface area contributed by atoms with Gasteiger partial charge in [0.25, 0.3) is 0 Å². The van der Waals surface area contributed by atoms with E-state index in [1.54, 1.807) is 23.9 Å². The summed E-state index contributed by atoms with van der Waals surface area (Å²) in [6.45, 7) is 0. The van der Waals surface area contributed by atoms with Gasteiger partial charge in [-0.25, -0.2) is 9.67 Å². The average Bonchev–Trinajstić information content (AvgIpc) is 3.15. The molecule has 0 aliphatic carbocycles. The number of aryl methyl sites for hydroxylation is 1. The van der Waals surface area contributed by atoms with E-state index in [1.165, 1.54) is 18.0 Å². The van der Waals surface area contributed by atoms with Crippen LogP contribution in [0.2, 0.25) is 0 Å². The van der Waals surface area contributed by atoms with E-state index >= 15 is 0 Å². The van der Waals surface area contributed by atoms with E-state index in [-0.39, 0.29) is 0 Å². The molecule has 148 valence electrons. The van der Waals surface area contributed by atoms with Gasteiger partial charge in [-0.1, -0.05) is 24.3 Å². The zero-order valence-corrected chi connectivity index (χ0v) is 16.3. The van der Waals surface area contributed by atoms with Crippen molar-refractivity contribution in [1.82, 2.24) is 14.8 Å². The van der Waals surface area contributed by atoms with Crippen LogP contribution in [0.15, 0.2) is 48.7 Å². The first-order valence-electron chi connectivity index (χ1n) is 8.68. The zero-order valence-electron chi connectivity index (χ0n) is 15.5. The van der Waals surface area contributed by atoms with Gasteiger partial charge in [0.05, 0.1) is 24.7 Å². The summed E-state index contributed by atoms with van der Waals surface area (Å²) in [5.41, 5.74) is 1.66. The van der Waals surface area contributed by atoms with E-state index in [1.807, 2.05) is 24.3 Å². The Kier molecular flexibility index (Phi) is 6.28. The van der Waals surface area contributed by atoms with Gasteiger partial charge in [-0.2, -0.15) is 30.0 Å². The van der Waals surface area contributed by atoms with Crippen molar-refractivity contribution >= 4 is 11.8 Å². The van der Waals surface area contributed by atoms with Gasteiger partial charge in [-0.15, -0.1) is 0 Å². The molecular weight excluding hydrogens is 387 g/mol. The molecule has 2 heterocycles. The second kappa shape index (κ2) is 8.68. The third-order valence-corrected chi connectivity index (χ3v) is 4.93. The number of rotatable bonds is 7. The third kappa shape index (κ3) is 4.67. The summed E-state index contributed by atoms with van der Waals surface area (Å²) in [6, 6.07) is 11.8. The molecule has 0 atom stereocenters. The monoisotopic (exact) mass is 407 g/mol. The van der Waals surface area contributed by atoms with E-state index in [2.05, 4.69) is 16.3 Å². The van der Waals surface area contributed by atoms with Crippen molar-refractivity contribution in [1.29, 1.82) is 0 Å². The fourth-order valence-corrected chi connectivity index (χ4v) is 3.24. The van der Waals surface area contributed by atoms with Gasteiger partial charge in [-0.3, -0.25) is 0 Å². The van der Waals surface area contributed by atoms with Crippen LogP contribution in [-0.2, 0) is 12.6 Å². The lowest BCUT2D eigenvalue weighted by molar-refractivity contribution is -0.141. The lowest BCUT2D eigenvalue weighted by atomic mass is 10.1. The van der Waals surface area contributed by atoms with Crippen LogP contribution in [0, 0.1) is 0 Å².